The molecule has 1 amide bonds. The predicted molar refractivity (Wildman–Crippen MR) is 79.4 cm³/mol. The highest BCUT2D eigenvalue weighted by molar-refractivity contribution is 5.82. The van der Waals surface area contributed by atoms with Crippen molar-refractivity contribution in [2.75, 3.05) is 6.61 Å². The number of allylic oxidation sites excluding steroid dienone is 2. The average Bonchev–Trinajstić information content (AvgIpc) is 3.07. The number of piperidine rings is 1. The van der Waals surface area contributed by atoms with Gasteiger partial charge < -0.3 is 9.64 Å². The van der Waals surface area contributed by atoms with Gasteiger partial charge in [-0.05, 0) is 57.8 Å². The number of hydrogen-bond acceptors (Lipinski definition) is 3. The summed E-state index contributed by atoms with van der Waals surface area (Å²) in [6.07, 6.45) is 9.57. The largest absolute Gasteiger partial charge is 0.455 e. The topological polar surface area (TPSA) is 46.6 Å². The summed E-state index contributed by atoms with van der Waals surface area (Å²) in [5, 5.41) is 0. The van der Waals surface area contributed by atoms with Crippen molar-refractivity contribution in [3.8, 4) is 0 Å². The molecule has 1 heterocycles. The molecule has 116 valence electrons. The normalized spacial score (nSPS) is 37.8. The van der Waals surface area contributed by atoms with E-state index in [1.165, 1.54) is 6.42 Å². The van der Waals surface area contributed by atoms with Crippen molar-refractivity contribution < 1.29 is 14.3 Å². The Kier molecular flexibility index (Phi) is 4.05. The van der Waals surface area contributed by atoms with Gasteiger partial charge in [-0.2, -0.15) is 0 Å². The Morgan fingerprint density at radius 1 is 1.14 bits per heavy atom. The van der Waals surface area contributed by atoms with Crippen LogP contribution in [0.1, 0.15) is 46.0 Å². The zero-order valence-corrected chi connectivity index (χ0v) is 13.0. The van der Waals surface area contributed by atoms with E-state index in [0.717, 1.165) is 25.7 Å². The van der Waals surface area contributed by atoms with Crippen LogP contribution in [0.4, 0.5) is 0 Å². The van der Waals surface area contributed by atoms with Gasteiger partial charge in [-0.3, -0.25) is 9.59 Å². The van der Waals surface area contributed by atoms with Gasteiger partial charge in [-0.15, -0.1) is 0 Å². The van der Waals surface area contributed by atoms with E-state index < -0.39 is 0 Å². The number of carbonyl (C=O) groups is 2. The third-order valence-electron chi connectivity index (χ3n) is 5.40. The molecule has 0 N–H and O–H groups in total. The molecule has 0 aromatic carbocycles. The van der Waals surface area contributed by atoms with Crippen LogP contribution in [0, 0.1) is 17.8 Å². The molecule has 0 radical (unpaired) electrons. The van der Waals surface area contributed by atoms with E-state index in [1.54, 1.807) is 0 Å². The Hall–Kier alpha value is -1.32. The number of carbonyl (C=O) groups excluding carboxylic acids is 2. The third-order valence-corrected chi connectivity index (χ3v) is 5.40. The Balaban J connectivity index is 1.51. The molecule has 0 aromatic heterocycles. The van der Waals surface area contributed by atoms with E-state index in [4.69, 9.17) is 4.74 Å². The van der Waals surface area contributed by atoms with Crippen molar-refractivity contribution in [1.82, 2.24) is 4.90 Å². The number of likely N-dealkylation sites (tertiary alicyclic amines) is 1. The first kappa shape index (κ1) is 14.6. The molecule has 0 aromatic rings. The lowest BCUT2D eigenvalue weighted by Gasteiger charge is -2.39. The van der Waals surface area contributed by atoms with Gasteiger partial charge in [0.2, 0.25) is 0 Å². The molecule has 1 saturated carbocycles. The fraction of sp³-hybridized carbons (Fsp3) is 0.765. The summed E-state index contributed by atoms with van der Waals surface area (Å²) in [4.78, 5) is 26.4. The van der Waals surface area contributed by atoms with E-state index >= 15 is 0 Å². The minimum atomic E-state index is -0.183. The highest BCUT2D eigenvalue weighted by Crippen LogP contribution is 2.43. The van der Waals surface area contributed by atoms with Crippen LogP contribution < -0.4 is 0 Å². The maximum Gasteiger partial charge on any atom is 0.310 e. The van der Waals surface area contributed by atoms with Crippen LogP contribution in [0.3, 0.4) is 0 Å². The second-order valence-corrected chi connectivity index (χ2v) is 6.92. The molecule has 2 aliphatic carbocycles. The summed E-state index contributed by atoms with van der Waals surface area (Å²) in [5.41, 5.74) is 0. The summed E-state index contributed by atoms with van der Waals surface area (Å²) in [7, 11) is 0. The van der Waals surface area contributed by atoms with Crippen molar-refractivity contribution >= 4 is 11.9 Å². The van der Waals surface area contributed by atoms with Crippen LogP contribution in [0.25, 0.3) is 0 Å². The van der Waals surface area contributed by atoms with E-state index in [0.29, 0.717) is 11.8 Å². The van der Waals surface area contributed by atoms with Crippen molar-refractivity contribution in [3.63, 3.8) is 0 Å². The number of ether oxygens (including phenoxy) is 1. The van der Waals surface area contributed by atoms with E-state index in [2.05, 4.69) is 26.0 Å². The van der Waals surface area contributed by atoms with Gasteiger partial charge in [0.05, 0.1) is 5.92 Å². The number of hydrogen-bond donors (Lipinski definition) is 0. The fourth-order valence-corrected chi connectivity index (χ4v) is 4.28. The number of esters is 1. The standard InChI is InChI=1S/C17H25NO3/c1-11-4-3-5-12(2)18(11)16(19)10-21-17(20)15-9-13-6-7-14(15)8-13/h6-7,11-15H,3-5,8-10H2,1-2H3/t11-,12-,13+,14+,15+/m1/s1. The smallest absolute Gasteiger partial charge is 0.310 e. The number of fused-ring (bicyclic) bond motifs is 2. The molecule has 2 fully saturated rings. The predicted octanol–water partition coefficient (Wildman–Crippen LogP) is 2.53. The number of amides is 1. The first-order valence-corrected chi connectivity index (χ1v) is 8.22. The Bertz CT molecular complexity index is 449. The first-order valence-electron chi connectivity index (χ1n) is 8.22. The van der Waals surface area contributed by atoms with E-state index in [9.17, 15) is 9.59 Å². The highest BCUT2D eigenvalue weighted by atomic mass is 16.5. The van der Waals surface area contributed by atoms with Crippen LogP contribution >= 0.6 is 0 Å². The quantitative estimate of drug-likeness (QED) is 0.593. The molecule has 3 rings (SSSR count). The molecule has 5 atom stereocenters. The van der Waals surface area contributed by atoms with Gasteiger partial charge in [-0.1, -0.05) is 12.2 Å². The zero-order valence-electron chi connectivity index (χ0n) is 13.0. The monoisotopic (exact) mass is 291 g/mol. The van der Waals surface area contributed by atoms with Gasteiger partial charge in [-0.25, -0.2) is 0 Å². The van der Waals surface area contributed by atoms with Crippen molar-refractivity contribution in [3.05, 3.63) is 12.2 Å². The second kappa shape index (κ2) is 5.82. The van der Waals surface area contributed by atoms with E-state index in [1.807, 2.05) is 4.90 Å². The minimum absolute atomic E-state index is 0.0241. The SMILES string of the molecule is C[C@@H]1CCC[C@@H](C)N1C(=O)COC(=O)[C@H]1C[C@H]2C=C[C@H]1C2. The maximum atomic E-state index is 12.3. The molecule has 1 saturated heterocycles. The lowest BCUT2D eigenvalue weighted by atomic mass is 9.94. The van der Waals surface area contributed by atoms with Gasteiger partial charge >= 0.3 is 5.97 Å². The molecule has 0 spiro atoms. The zero-order chi connectivity index (χ0) is 15.0. The van der Waals surface area contributed by atoms with Crippen molar-refractivity contribution in [2.24, 2.45) is 17.8 Å². The molecule has 21 heavy (non-hydrogen) atoms. The van der Waals surface area contributed by atoms with Gasteiger partial charge in [0, 0.05) is 12.1 Å². The number of nitrogens with zero attached hydrogens (tertiary/aromatic N) is 1. The first-order chi connectivity index (χ1) is 10.1. The molecular weight excluding hydrogens is 266 g/mol. The van der Waals surface area contributed by atoms with Gasteiger partial charge in [0.25, 0.3) is 5.91 Å². The Morgan fingerprint density at radius 3 is 2.43 bits per heavy atom. The maximum absolute atomic E-state index is 12.3. The summed E-state index contributed by atoms with van der Waals surface area (Å²) in [6.45, 7) is 4.07. The molecule has 0 unspecified atom stereocenters. The molecule has 3 aliphatic rings. The molecule has 4 nitrogen and oxygen atoms in total. The summed E-state index contributed by atoms with van der Waals surface area (Å²) < 4.78 is 5.33. The van der Waals surface area contributed by atoms with Gasteiger partial charge in [0.15, 0.2) is 6.61 Å². The highest BCUT2D eigenvalue weighted by Gasteiger charge is 2.41. The Labute approximate surface area is 126 Å². The average molecular weight is 291 g/mol. The van der Waals surface area contributed by atoms with Crippen LogP contribution in [0.15, 0.2) is 12.2 Å². The summed E-state index contributed by atoms with van der Waals surface area (Å²) >= 11 is 0. The lowest BCUT2D eigenvalue weighted by Crippen LogP contribution is -2.49. The molecule has 4 heteroatoms. The van der Waals surface area contributed by atoms with Crippen molar-refractivity contribution in [2.45, 2.75) is 58.0 Å². The Morgan fingerprint density at radius 2 is 1.86 bits per heavy atom. The lowest BCUT2D eigenvalue weighted by molar-refractivity contribution is -0.158. The molecule has 2 bridgehead atoms. The molecule has 1 aliphatic heterocycles. The number of rotatable bonds is 3. The third kappa shape index (κ3) is 2.85. The van der Waals surface area contributed by atoms with Crippen LogP contribution in [-0.4, -0.2) is 35.5 Å². The van der Waals surface area contributed by atoms with E-state index in [-0.39, 0.29) is 36.5 Å². The van der Waals surface area contributed by atoms with Gasteiger partial charge in [0.1, 0.15) is 0 Å². The van der Waals surface area contributed by atoms with Crippen molar-refractivity contribution in [1.29, 1.82) is 0 Å². The molecular formula is C17H25NO3. The van der Waals surface area contributed by atoms with Crippen LogP contribution in [0.2, 0.25) is 0 Å². The summed E-state index contributed by atoms with van der Waals surface area (Å²) in [6, 6.07) is 0.510. The minimum Gasteiger partial charge on any atom is -0.455 e. The second-order valence-electron chi connectivity index (χ2n) is 6.92. The van der Waals surface area contributed by atoms with Crippen LogP contribution in [-0.2, 0) is 14.3 Å². The summed E-state index contributed by atoms with van der Waals surface area (Å²) in [5.74, 6) is 0.638. The van der Waals surface area contributed by atoms with Crippen LogP contribution in [0.5, 0.6) is 0 Å². The fourth-order valence-electron chi connectivity index (χ4n) is 4.28.